The molecule has 0 aliphatic carbocycles. The zero-order chi connectivity index (χ0) is 19.2. The van der Waals surface area contributed by atoms with Crippen molar-refractivity contribution in [1.29, 1.82) is 0 Å². The standard InChI is InChI=1S/C21H21FN4O/c1-14-3-9-18(10-4-14)26-21(27)19-13-20(25-15(2)24-19)23-12-11-16-5-7-17(22)8-6-16/h3-10,13H,11-12H2,1-2H3,(H,26,27)(H,23,24,25). The molecule has 138 valence electrons. The Hall–Kier alpha value is -3.28. The third kappa shape index (κ3) is 5.34. The Bertz CT molecular complexity index is 924. The first kappa shape index (κ1) is 18.5. The van der Waals surface area contributed by atoms with Gasteiger partial charge in [0.1, 0.15) is 23.2 Å². The van der Waals surface area contributed by atoms with E-state index in [0.29, 0.717) is 36.0 Å². The number of hydrogen-bond donors (Lipinski definition) is 2. The molecule has 1 aromatic heterocycles. The predicted octanol–water partition coefficient (Wildman–Crippen LogP) is 4.14. The minimum Gasteiger partial charge on any atom is -0.370 e. The fraction of sp³-hybridized carbons (Fsp3) is 0.190. The van der Waals surface area contributed by atoms with Gasteiger partial charge in [0.25, 0.3) is 5.91 Å². The Morgan fingerprint density at radius 3 is 2.41 bits per heavy atom. The number of hydrogen-bond acceptors (Lipinski definition) is 4. The van der Waals surface area contributed by atoms with E-state index in [-0.39, 0.29) is 11.7 Å². The first-order valence-electron chi connectivity index (χ1n) is 8.71. The molecule has 0 unspecified atom stereocenters. The maximum absolute atomic E-state index is 12.9. The fourth-order valence-electron chi connectivity index (χ4n) is 2.59. The Labute approximate surface area is 157 Å². The molecule has 2 N–H and O–H groups in total. The summed E-state index contributed by atoms with van der Waals surface area (Å²) >= 11 is 0. The highest BCUT2D eigenvalue weighted by Gasteiger charge is 2.11. The molecule has 0 aliphatic heterocycles. The molecule has 1 amide bonds. The topological polar surface area (TPSA) is 66.9 Å². The van der Waals surface area contributed by atoms with E-state index in [9.17, 15) is 9.18 Å². The van der Waals surface area contributed by atoms with Crippen molar-refractivity contribution >= 4 is 17.4 Å². The number of aryl methyl sites for hydroxylation is 2. The molecule has 0 spiro atoms. The molecular formula is C21H21FN4O. The molecule has 3 aromatic rings. The summed E-state index contributed by atoms with van der Waals surface area (Å²) in [5, 5.41) is 6.02. The van der Waals surface area contributed by atoms with Crippen molar-refractivity contribution in [2.45, 2.75) is 20.3 Å². The summed E-state index contributed by atoms with van der Waals surface area (Å²) in [5.74, 6) is 0.558. The van der Waals surface area contributed by atoms with Gasteiger partial charge in [-0.1, -0.05) is 29.8 Å². The summed E-state index contributed by atoms with van der Waals surface area (Å²) in [6.07, 6.45) is 0.716. The van der Waals surface area contributed by atoms with Gasteiger partial charge in [-0.3, -0.25) is 4.79 Å². The van der Waals surface area contributed by atoms with Crippen LogP contribution in [0.2, 0.25) is 0 Å². The van der Waals surface area contributed by atoms with E-state index in [2.05, 4.69) is 20.6 Å². The van der Waals surface area contributed by atoms with Crippen LogP contribution in [0.4, 0.5) is 15.9 Å². The number of aromatic nitrogens is 2. The molecule has 1 heterocycles. The molecule has 3 rings (SSSR count). The molecule has 0 saturated heterocycles. The van der Waals surface area contributed by atoms with Gasteiger partial charge in [0.2, 0.25) is 0 Å². The second kappa shape index (κ2) is 8.40. The smallest absolute Gasteiger partial charge is 0.274 e. The molecule has 0 fully saturated rings. The summed E-state index contributed by atoms with van der Waals surface area (Å²) in [6.45, 7) is 4.35. The lowest BCUT2D eigenvalue weighted by Gasteiger charge is -2.09. The number of carbonyl (C=O) groups excluding carboxylic acids is 1. The minimum absolute atomic E-state index is 0.248. The number of amides is 1. The van der Waals surface area contributed by atoms with Gasteiger partial charge in [-0.2, -0.15) is 0 Å². The highest BCUT2D eigenvalue weighted by Crippen LogP contribution is 2.13. The normalized spacial score (nSPS) is 10.5. The van der Waals surface area contributed by atoms with Crippen LogP contribution >= 0.6 is 0 Å². The second-order valence-corrected chi connectivity index (χ2v) is 6.31. The monoisotopic (exact) mass is 364 g/mol. The lowest BCUT2D eigenvalue weighted by Crippen LogP contribution is -2.16. The summed E-state index contributed by atoms with van der Waals surface area (Å²) in [4.78, 5) is 21.0. The third-order valence-electron chi connectivity index (χ3n) is 4.01. The molecule has 0 saturated carbocycles. The summed E-state index contributed by atoms with van der Waals surface area (Å²) in [6, 6.07) is 15.6. The quantitative estimate of drug-likeness (QED) is 0.690. The zero-order valence-electron chi connectivity index (χ0n) is 15.3. The van der Waals surface area contributed by atoms with Crippen molar-refractivity contribution in [1.82, 2.24) is 9.97 Å². The van der Waals surface area contributed by atoms with Crippen LogP contribution in [0.25, 0.3) is 0 Å². The van der Waals surface area contributed by atoms with Crippen molar-refractivity contribution in [2.75, 3.05) is 17.2 Å². The van der Waals surface area contributed by atoms with Gasteiger partial charge in [-0.15, -0.1) is 0 Å². The predicted molar refractivity (Wildman–Crippen MR) is 104 cm³/mol. The Morgan fingerprint density at radius 2 is 1.70 bits per heavy atom. The van der Waals surface area contributed by atoms with Crippen molar-refractivity contribution in [2.24, 2.45) is 0 Å². The largest absolute Gasteiger partial charge is 0.370 e. The van der Waals surface area contributed by atoms with Crippen LogP contribution in [0.15, 0.2) is 54.6 Å². The molecule has 6 heteroatoms. The van der Waals surface area contributed by atoms with Gasteiger partial charge in [0.15, 0.2) is 0 Å². The number of anilines is 2. The third-order valence-corrected chi connectivity index (χ3v) is 4.01. The molecule has 0 bridgehead atoms. The maximum Gasteiger partial charge on any atom is 0.274 e. The van der Waals surface area contributed by atoms with Crippen molar-refractivity contribution in [3.63, 3.8) is 0 Å². The Morgan fingerprint density at radius 1 is 1.00 bits per heavy atom. The van der Waals surface area contributed by atoms with E-state index < -0.39 is 0 Å². The second-order valence-electron chi connectivity index (χ2n) is 6.31. The van der Waals surface area contributed by atoms with Gasteiger partial charge < -0.3 is 10.6 Å². The SMILES string of the molecule is Cc1ccc(NC(=O)c2cc(NCCc3ccc(F)cc3)nc(C)n2)cc1. The highest BCUT2D eigenvalue weighted by molar-refractivity contribution is 6.03. The van der Waals surface area contributed by atoms with Crippen molar-refractivity contribution < 1.29 is 9.18 Å². The number of benzene rings is 2. The molecule has 0 aliphatic rings. The summed E-state index contributed by atoms with van der Waals surface area (Å²) in [5.41, 5.74) is 3.16. The number of nitrogens with zero attached hydrogens (tertiary/aromatic N) is 2. The molecule has 2 aromatic carbocycles. The first-order chi connectivity index (χ1) is 13.0. The van der Waals surface area contributed by atoms with Gasteiger partial charge in [0, 0.05) is 18.3 Å². The van der Waals surface area contributed by atoms with Gasteiger partial charge in [-0.25, -0.2) is 14.4 Å². The molecule has 5 nitrogen and oxygen atoms in total. The van der Waals surface area contributed by atoms with E-state index in [4.69, 9.17) is 0 Å². The van der Waals surface area contributed by atoms with Crippen LogP contribution in [-0.4, -0.2) is 22.4 Å². The van der Waals surface area contributed by atoms with Crippen LogP contribution in [0, 0.1) is 19.7 Å². The number of halogens is 1. The molecule has 27 heavy (non-hydrogen) atoms. The first-order valence-corrected chi connectivity index (χ1v) is 8.71. The number of nitrogens with one attached hydrogen (secondary N) is 2. The van der Waals surface area contributed by atoms with E-state index in [1.165, 1.54) is 12.1 Å². The Balaban J connectivity index is 1.63. The summed E-state index contributed by atoms with van der Waals surface area (Å²) < 4.78 is 12.9. The molecule has 0 atom stereocenters. The molecule has 0 radical (unpaired) electrons. The minimum atomic E-state index is -0.286. The van der Waals surface area contributed by atoms with E-state index in [1.807, 2.05) is 31.2 Å². The van der Waals surface area contributed by atoms with E-state index >= 15 is 0 Å². The van der Waals surface area contributed by atoms with Gasteiger partial charge in [-0.05, 0) is 50.1 Å². The van der Waals surface area contributed by atoms with Crippen LogP contribution in [0.5, 0.6) is 0 Å². The van der Waals surface area contributed by atoms with Gasteiger partial charge >= 0.3 is 0 Å². The fourth-order valence-corrected chi connectivity index (χ4v) is 2.59. The van der Waals surface area contributed by atoms with Crippen LogP contribution in [-0.2, 0) is 6.42 Å². The van der Waals surface area contributed by atoms with E-state index in [0.717, 1.165) is 11.1 Å². The van der Waals surface area contributed by atoms with Crippen LogP contribution in [0.3, 0.4) is 0 Å². The number of rotatable bonds is 6. The van der Waals surface area contributed by atoms with Gasteiger partial charge in [0.05, 0.1) is 0 Å². The lowest BCUT2D eigenvalue weighted by molar-refractivity contribution is 0.102. The van der Waals surface area contributed by atoms with Crippen LogP contribution in [0.1, 0.15) is 27.4 Å². The zero-order valence-corrected chi connectivity index (χ0v) is 15.3. The average molecular weight is 364 g/mol. The molecular weight excluding hydrogens is 343 g/mol. The Kier molecular flexibility index (Phi) is 5.76. The van der Waals surface area contributed by atoms with Crippen molar-refractivity contribution in [3.05, 3.63) is 83.1 Å². The van der Waals surface area contributed by atoms with Crippen LogP contribution < -0.4 is 10.6 Å². The lowest BCUT2D eigenvalue weighted by atomic mass is 10.1. The number of carbonyl (C=O) groups is 1. The average Bonchev–Trinajstić information content (AvgIpc) is 2.65. The summed E-state index contributed by atoms with van der Waals surface area (Å²) in [7, 11) is 0. The van der Waals surface area contributed by atoms with Crippen molar-refractivity contribution in [3.8, 4) is 0 Å². The highest BCUT2D eigenvalue weighted by atomic mass is 19.1. The van der Waals surface area contributed by atoms with E-state index in [1.54, 1.807) is 25.1 Å². The maximum atomic E-state index is 12.9.